The summed E-state index contributed by atoms with van der Waals surface area (Å²) in [6, 6.07) is 11.3. The Hall–Kier alpha value is -2.63. The third-order valence-electron chi connectivity index (χ3n) is 9.92. The first-order valence-corrected chi connectivity index (χ1v) is 17.1. The van der Waals surface area contributed by atoms with Gasteiger partial charge >= 0.3 is 10.2 Å². The third-order valence-corrected chi connectivity index (χ3v) is 11.6. The number of fused-ring (bicyclic) bond motifs is 4. The summed E-state index contributed by atoms with van der Waals surface area (Å²) in [5, 5.41) is 11.9. The lowest BCUT2D eigenvalue weighted by atomic mass is 9.68. The first-order chi connectivity index (χ1) is 20.7. The van der Waals surface area contributed by atoms with E-state index in [0.717, 1.165) is 42.8 Å². The normalized spacial score (nSPS) is 32.8. The molecule has 1 amide bonds. The number of anilines is 1. The van der Waals surface area contributed by atoms with Crippen LogP contribution in [0.5, 0.6) is 5.75 Å². The molecule has 2 N–H and O–H groups in total. The van der Waals surface area contributed by atoms with Gasteiger partial charge in [-0.2, -0.15) is 12.7 Å². The second kappa shape index (κ2) is 11.4. The van der Waals surface area contributed by atoms with Crippen molar-refractivity contribution in [2.45, 2.75) is 56.1 Å². The fourth-order valence-corrected chi connectivity index (χ4v) is 8.74. The van der Waals surface area contributed by atoms with Crippen molar-refractivity contribution in [1.82, 2.24) is 9.03 Å². The molecule has 2 aromatic rings. The summed E-state index contributed by atoms with van der Waals surface area (Å²) >= 11 is 6.39. The lowest BCUT2D eigenvalue weighted by Gasteiger charge is -2.45. The molecule has 1 saturated carbocycles. The summed E-state index contributed by atoms with van der Waals surface area (Å²) in [5.41, 5.74) is 3.25. The van der Waals surface area contributed by atoms with E-state index in [-0.39, 0.29) is 42.0 Å². The second-order valence-electron chi connectivity index (χ2n) is 12.7. The van der Waals surface area contributed by atoms with E-state index < -0.39 is 22.2 Å². The van der Waals surface area contributed by atoms with Gasteiger partial charge < -0.3 is 19.5 Å². The highest BCUT2D eigenvalue weighted by Crippen LogP contribution is 2.46. The highest BCUT2D eigenvalue weighted by atomic mass is 35.5. The number of nitrogens with zero attached hydrogens (tertiary/aromatic N) is 2. The van der Waals surface area contributed by atoms with E-state index in [4.69, 9.17) is 21.1 Å². The zero-order chi connectivity index (χ0) is 29.8. The first-order valence-electron chi connectivity index (χ1n) is 15.3. The van der Waals surface area contributed by atoms with Gasteiger partial charge in [-0.25, -0.2) is 4.72 Å². The van der Waals surface area contributed by atoms with Gasteiger partial charge in [-0.15, -0.1) is 0 Å². The number of halogens is 1. The zero-order valence-electron chi connectivity index (χ0n) is 24.1. The summed E-state index contributed by atoms with van der Waals surface area (Å²) in [5.74, 6) is 0.365. The number of amides is 1. The van der Waals surface area contributed by atoms with Crippen molar-refractivity contribution in [2.75, 3.05) is 44.3 Å². The molecule has 7 rings (SSSR count). The number of nitrogens with one attached hydrogen (secondary N) is 1. The van der Waals surface area contributed by atoms with Gasteiger partial charge in [0, 0.05) is 42.2 Å². The predicted octanol–water partition coefficient (Wildman–Crippen LogP) is 3.84. The van der Waals surface area contributed by atoms with Gasteiger partial charge in [0.25, 0.3) is 5.91 Å². The Morgan fingerprint density at radius 2 is 2.02 bits per heavy atom. The SMILES string of the molecule is O=C1NS(=O)(=O)N(C[C@@H]2CO2)CC/C=C\[C@H](O)[C@@H]2CC[C@H]2CN2C[C@@]3(CCCc4cc(Cl)ccc43)COc3ccc1cc32. The molecule has 0 unspecified atom stereocenters. The van der Waals surface area contributed by atoms with Crippen LogP contribution >= 0.6 is 11.6 Å². The molecule has 3 aliphatic heterocycles. The van der Waals surface area contributed by atoms with Gasteiger partial charge in [0.2, 0.25) is 0 Å². The molecule has 0 radical (unpaired) electrons. The largest absolute Gasteiger partial charge is 0.490 e. The standard InChI is InChI=1S/C32H38ClN3O6S/c33-24-8-10-27-21(14-24)4-3-12-32(27)19-35-16-23-6-9-26(23)29(37)5-1-2-13-36(17-25-18-41-25)43(39,40)34-31(38)22-7-11-30(42-20-32)28(35)15-22/h1,5,7-8,10-11,14-15,23,25-26,29,37H,2-4,6,9,12-13,16-20H2,(H,34,38)/b5-1-/t23-,25+,26+,29-,32-/m0/s1. The average Bonchev–Trinajstić information content (AvgIpc) is 3.79. The van der Waals surface area contributed by atoms with Crippen LogP contribution in [0.25, 0.3) is 0 Å². The van der Waals surface area contributed by atoms with E-state index in [1.165, 1.54) is 15.4 Å². The molecule has 230 valence electrons. The Kier molecular flexibility index (Phi) is 7.70. The number of ether oxygens (including phenoxy) is 2. The lowest BCUT2D eigenvalue weighted by Crippen LogP contribution is -2.49. The fourth-order valence-electron chi connectivity index (χ4n) is 7.36. The van der Waals surface area contributed by atoms with E-state index in [0.29, 0.717) is 38.5 Å². The lowest BCUT2D eigenvalue weighted by molar-refractivity contribution is 0.0456. The minimum atomic E-state index is -4.12. The molecule has 2 aliphatic carbocycles. The summed E-state index contributed by atoms with van der Waals surface area (Å²) < 4.78 is 42.1. The first kappa shape index (κ1) is 29.1. The molecule has 2 aromatic carbocycles. The predicted molar refractivity (Wildman–Crippen MR) is 164 cm³/mol. The van der Waals surface area contributed by atoms with Crippen LogP contribution in [0.1, 0.15) is 53.6 Å². The van der Waals surface area contributed by atoms with Crippen LogP contribution in [0.2, 0.25) is 5.02 Å². The van der Waals surface area contributed by atoms with Crippen molar-refractivity contribution in [3.8, 4) is 5.75 Å². The fraction of sp³-hybridized carbons (Fsp3) is 0.531. The number of aryl methyl sites for hydroxylation is 1. The number of rotatable bonds is 2. The van der Waals surface area contributed by atoms with Gasteiger partial charge in [-0.3, -0.25) is 4.79 Å². The monoisotopic (exact) mass is 627 g/mol. The van der Waals surface area contributed by atoms with E-state index in [2.05, 4.69) is 21.8 Å². The minimum Gasteiger partial charge on any atom is -0.490 e. The van der Waals surface area contributed by atoms with Gasteiger partial charge in [-0.1, -0.05) is 29.8 Å². The van der Waals surface area contributed by atoms with E-state index in [1.807, 2.05) is 12.1 Å². The molecule has 11 heteroatoms. The van der Waals surface area contributed by atoms with Crippen molar-refractivity contribution in [2.24, 2.45) is 11.8 Å². The zero-order valence-corrected chi connectivity index (χ0v) is 25.7. The van der Waals surface area contributed by atoms with Crippen LogP contribution in [-0.4, -0.2) is 75.3 Å². The molecule has 2 fully saturated rings. The molecular weight excluding hydrogens is 590 g/mol. The highest BCUT2D eigenvalue weighted by Gasteiger charge is 2.44. The van der Waals surface area contributed by atoms with Crippen molar-refractivity contribution >= 4 is 33.4 Å². The molecule has 43 heavy (non-hydrogen) atoms. The average molecular weight is 628 g/mol. The van der Waals surface area contributed by atoms with Crippen LogP contribution in [0.4, 0.5) is 5.69 Å². The smallest absolute Gasteiger partial charge is 0.304 e. The molecule has 1 saturated heterocycles. The number of aliphatic hydroxyl groups excluding tert-OH is 1. The van der Waals surface area contributed by atoms with Crippen molar-refractivity contribution in [3.05, 3.63) is 70.3 Å². The molecule has 1 spiro atoms. The topological polar surface area (TPSA) is 112 Å². The summed E-state index contributed by atoms with van der Waals surface area (Å²) in [6.45, 7) is 2.72. The van der Waals surface area contributed by atoms with E-state index >= 15 is 0 Å². The quantitative estimate of drug-likeness (QED) is 0.385. The maximum absolute atomic E-state index is 13.4. The van der Waals surface area contributed by atoms with E-state index in [9.17, 15) is 18.3 Å². The Bertz CT molecular complexity index is 1550. The van der Waals surface area contributed by atoms with Gasteiger partial charge in [0.15, 0.2) is 0 Å². The van der Waals surface area contributed by atoms with Crippen LogP contribution in [0, 0.1) is 11.8 Å². The van der Waals surface area contributed by atoms with Crippen LogP contribution < -0.4 is 14.4 Å². The second-order valence-corrected chi connectivity index (χ2v) is 14.9. The highest BCUT2D eigenvalue weighted by molar-refractivity contribution is 7.87. The number of carbonyl (C=O) groups is 1. The number of hydrogen-bond donors (Lipinski definition) is 2. The van der Waals surface area contributed by atoms with Gasteiger partial charge in [0.05, 0.1) is 31.1 Å². The number of carbonyl (C=O) groups excluding carboxylic acids is 1. The Balaban J connectivity index is 1.27. The molecule has 0 aromatic heterocycles. The number of benzene rings is 2. The van der Waals surface area contributed by atoms with Gasteiger partial charge in [-0.05, 0) is 91.8 Å². The molecule has 5 atom stereocenters. The van der Waals surface area contributed by atoms with Crippen LogP contribution in [-0.2, 0) is 26.8 Å². The maximum atomic E-state index is 13.4. The Morgan fingerprint density at radius 3 is 2.81 bits per heavy atom. The summed E-state index contributed by atoms with van der Waals surface area (Å²) in [7, 11) is -4.12. The molecule has 2 bridgehead atoms. The number of epoxide rings is 1. The summed E-state index contributed by atoms with van der Waals surface area (Å²) in [6.07, 6.45) is 8.18. The molecule has 3 heterocycles. The number of aliphatic hydroxyl groups is 1. The van der Waals surface area contributed by atoms with E-state index in [1.54, 1.807) is 24.3 Å². The number of hydrogen-bond acceptors (Lipinski definition) is 7. The van der Waals surface area contributed by atoms with Crippen LogP contribution in [0.15, 0.2) is 48.6 Å². The molecule has 5 aliphatic rings. The van der Waals surface area contributed by atoms with Crippen LogP contribution in [0.3, 0.4) is 0 Å². The third kappa shape index (κ3) is 5.80. The Labute approximate surface area is 258 Å². The maximum Gasteiger partial charge on any atom is 0.304 e. The van der Waals surface area contributed by atoms with Crippen molar-refractivity contribution in [3.63, 3.8) is 0 Å². The van der Waals surface area contributed by atoms with Crippen molar-refractivity contribution < 1.29 is 27.8 Å². The molecular formula is C32H38ClN3O6S. The van der Waals surface area contributed by atoms with Gasteiger partial charge in [0.1, 0.15) is 5.75 Å². The van der Waals surface area contributed by atoms with Crippen molar-refractivity contribution in [1.29, 1.82) is 0 Å². The minimum absolute atomic E-state index is 0.108. The Morgan fingerprint density at radius 1 is 1.16 bits per heavy atom. The molecule has 9 nitrogen and oxygen atoms in total. The summed E-state index contributed by atoms with van der Waals surface area (Å²) in [4.78, 5) is 15.8.